The number of nitrogens with zero attached hydrogens (tertiary/aromatic N) is 4. The van der Waals surface area contributed by atoms with E-state index in [1.54, 1.807) is 15.6 Å². The Labute approximate surface area is 167 Å². The van der Waals surface area contributed by atoms with Crippen LogP contribution in [0.3, 0.4) is 0 Å². The van der Waals surface area contributed by atoms with E-state index in [1.807, 2.05) is 14.1 Å². The Morgan fingerprint density at radius 1 is 1.34 bits per heavy atom. The van der Waals surface area contributed by atoms with Gasteiger partial charge in [-0.2, -0.15) is 13.5 Å². The highest BCUT2D eigenvalue weighted by Crippen LogP contribution is 2.40. The maximum absolute atomic E-state index is 15.2. The summed E-state index contributed by atoms with van der Waals surface area (Å²) in [6.45, 7) is 0.0619. The number of halogens is 1. The number of phenols is 1. The molecule has 1 amide bonds. The van der Waals surface area contributed by atoms with E-state index in [1.165, 1.54) is 18.3 Å². The first kappa shape index (κ1) is 19.6. The van der Waals surface area contributed by atoms with Crippen LogP contribution >= 0.6 is 0 Å². The van der Waals surface area contributed by atoms with E-state index in [4.69, 9.17) is 0 Å². The fourth-order valence-electron chi connectivity index (χ4n) is 3.88. The first-order valence-corrected chi connectivity index (χ1v) is 10.6. The normalized spacial score (nSPS) is 20.0. The second kappa shape index (κ2) is 6.70. The summed E-state index contributed by atoms with van der Waals surface area (Å²) >= 11 is 0. The molecule has 1 aromatic carbocycles. The van der Waals surface area contributed by atoms with Crippen molar-refractivity contribution in [2.24, 2.45) is 0 Å². The number of phenolic OH excluding ortho intramolecular Hbond substituents is 1. The smallest absolute Gasteiger partial charge is 0.326 e. The van der Waals surface area contributed by atoms with Crippen molar-refractivity contribution < 1.29 is 22.7 Å². The number of likely N-dealkylation sites (N-methyl/N-ethyl adjacent to an activating group) is 1. The molecule has 1 saturated carbocycles. The summed E-state index contributed by atoms with van der Waals surface area (Å²) in [5.74, 6) is -2.30. The lowest BCUT2D eigenvalue weighted by atomic mass is 9.75. The highest BCUT2D eigenvalue weighted by atomic mass is 32.2. The van der Waals surface area contributed by atoms with Gasteiger partial charge in [-0.1, -0.05) is 0 Å². The van der Waals surface area contributed by atoms with Gasteiger partial charge in [-0.25, -0.2) is 13.4 Å². The highest BCUT2D eigenvalue weighted by Gasteiger charge is 2.40. The van der Waals surface area contributed by atoms with Crippen LogP contribution in [0.25, 0.3) is 11.1 Å². The zero-order valence-electron chi connectivity index (χ0n) is 16.1. The highest BCUT2D eigenvalue weighted by molar-refractivity contribution is 7.92. The van der Waals surface area contributed by atoms with Crippen molar-refractivity contribution in [3.05, 3.63) is 30.3 Å². The molecule has 4 rings (SSSR count). The third-order valence-electron chi connectivity index (χ3n) is 5.80. The van der Waals surface area contributed by atoms with E-state index >= 15 is 4.39 Å². The second-order valence-corrected chi connectivity index (χ2v) is 9.33. The fraction of sp³-hybridized carbons (Fsp3) is 0.444. The number of rotatable bonds is 5. The molecule has 2 fully saturated rings. The zero-order chi connectivity index (χ0) is 21.0. The van der Waals surface area contributed by atoms with Crippen molar-refractivity contribution in [1.29, 1.82) is 0 Å². The Balaban J connectivity index is 1.69. The number of nitrogens with one attached hydrogen (secondary N) is 1. The average Bonchev–Trinajstić information content (AvgIpc) is 3.14. The number of aromatic hydroxyl groups is 1. The minimum absolute atomic E-state index is 0.0254. The summed E-state index contributed by atoms with van der Waals surface area (Å²) in [6, 6.07) is 2.56. The Bertz CT molecular complexity index is 1080. The molecule has 2 aliphatic rings. The fourth-order valence-corrected chi connectivity index (χ4v) is 5.05. The first-order chi connectivity index (χ1) is 13.6. The third-order valence-corrected chi connectivity index (χ3v) is 7.18. The lowest BCUT2D eigenvalue weighted by molar-refractivity contribution is -0.117. The predicted molar refractivity (Wildman–Crippen MR) is 104 cm³/mol. The Morgan fingerprint density at radius 2 is 2.07 bits per heavy atom. The van der Waals surface area contributed by atoms with Crippen molar-refractivity contribution in [2.45, 2.75) is 31.3 Å². The van der Waals surface area contributed by atoms with Crippen LogP contribution < -0.4 is 9.03 Å². The summed E-state index contributed by atoms with van der Waals surface area (Å²) < 4.78 is 43.5. The van der Waals surface area contributed by atoms with Crippen molar-refractivity contribution in [3.63, 3.8) is 0 Å². The molecule has 0 radical (unpaired) electrons. The molecule has 1 aliphatic carbocycles. The van der Waals surface area contributed by atoms with Crippen molar-refractivity contribution in [2.75, 3.05) is 24.9 Å². The van der Waals surface area contributed by atoms with Crippen LogP contribution in [0.2, 0.25) is 0 Å². The van der Waals surface area contributed by atoms with E-state index in [9.17, 15) is 18.3 Å². The number of aromatic nitrogens is 2. The van der Waals surface area contributed by atoms with E-state index in [-0.39, 0.29) is 11.1 Å². The molecule has 0 spiro atoms. The van der Waals surface area contributed by atoms with Crippen molar-refractivity contribution >= 4 is 21.8 Å². The second-order valence-electron chi connectivity index (χ2n) is 7.73. The zero-order valence-corrected chi connectivity index (χ0v) is 16.9. The van der Waals surface area contributed by atoms with E-state index in [0.717, 1.165) is 19.3 Å². The Kier molecular flexibility index (Phi) is 4.54. The van der Waals surface area contributed by atoms with Crippen molar-refractivity contribution in [1.82, 2.24) is 19.4 Å². The number of benzene rings is 1. The molecule has 11 heteroatoms. The molecule has 0 unspecified atom stereocenters. The molecule has 2 N–H and O–H groups in total. The van der Waals surface area contributed by atoms with Crippen LogP contribution in [0.1, 0.15) is 19.3 Å². The molecule has 29 heavy (non-hydrogen) atoms. The van der Waals surface area contributed by atoms with Crippen molar-refractivity contribution in [3.8, 4) is 16.9 Å². The third kappa shape index (κ3) is 3.23. The van der Waals surface area contributed by atoms with Gasteiger partial charge in [0.1, 0.15) is 18.0 Å². The van der Waals surface area contributed by atoms with E-state index in [2.05, 4.69) is 10.00 Å². The maximum Gasteiger partial charge on any atom is 0.326 e. The van der Waals surface area contributed by atoms with E-state index < -0.39 is 39.9 Å². The van der Waals surface area contributed by atoms with Gasteiger partial charge in [0.25, 0.3) is 5.91 Å². The van der Waals surface area contributed by atoms with Gasteiger partial charge in [0, 0.05) is 22.9 Å². The molecule has 1 aliphatic heterocycles. The number of carbonyl (C=O) groups excluding carboxylic acids is 1. The maximum atomic E-state index is 15.2. The minimum atomic E-state index is -4.25. The molecular formula is C18H22FN5O4S. The standard InChI is InChI=1S/C18H22FN5O4S/c1-22(2)18(6-3-7-18)11-23-9-12(8-20-23)13-4-5-14(25)17(16(13)19)24-10-15(26)21-29(24,27)28/h4-5,8-9,25H,3,6-7,10-11H2,1-2H3,(H,21,26). The first-order valence-electron chi connectivity index (χ1n) is 9.18. The van der Waals surface area contributed by atoms with Gasteiger partial charge in [0.05, 0.1) is 12.7 Å². The Morgan fingerprint density at radius 3 is 2.62 bits per heavy atom. The van der Waals surface area contributed by atoms with Crippen LogP contribution in [0.5, 0.6) is 5.75 Å². The molecule has 0 atom stereocenters. The SMILES string of the molecule is CN(C)C1(Cn2cc(-c3ccc(O)c(N4CC(=O)NS4(=O)=O)c3F)cn2)CCC1. The van der Waals surface area contributed by atoms with Crippen LogP contribution in [0, 0.1) is 5.82 Å². The number of amides is 1. The Hall–Kier alpha value is -2.66. The quantitative estimate of drug-likeness (QED) is 0.745. The van der Waals surface area contributed by atoms with Crippen LogP contribution in [-0.4, -0.2) is 60.3 Å². The van der Waals surface area contributed by atoms with Gasteiger partial charge in [-0.15, -0.1) is 0 Å². The molecule has 156 valence electrons. The largest absolute Gasteiger partial charge is 0.506 e. The summed E-state index contributed by atoms with van der Waals surface area (Å²) in [6.07, 6.45) is 6.47. The summed E-state index contributed by atoms with van der Waals surface area (Å²) in [5.41, 5.74) is 0.00812. The van der Waals surface area contributed by atoms with E-state index in [0.29, 0.717) is 16.4 Å². The summed E-state index contributed by atoms with van der Waals surface area (Å²) in [4.78, 5) is 13.7. The van der Waals surface area contributed by atoms with Gasteiger partial charge in [0.2, 0.25) is 0 Å². The number of hydrogen-bond donors (Lipinski definition) is 2. The molecule has 1 saturated heterocycles. The molecule has 2 heterocycles. The van der Waals surface area contributed by atoms with Crippen LogP contribution in [0.4, 0.5) is 10.1 Å². The predicted octanol–water partition coefficient (Wildman–Crippen LogP) is 1.06. The van der Waals surface area contributed by atoms with Gasteiger partial charge in [0.15, 0.2) is 5.82 Å². The van der Waals surface area contributed by atoms with Gasteiger partial charge >= 0.3 is 10.2 Å². The number of anilines is 1. The van der Waals surface area contributed by atoms with Crippen LogP contribution in [0.15, 0.2) is 24.5 Å². The topological polar surface area (TPSA) is 108 Å². The average molecular weight is 423 g/mol. The lowest BCUT2D eigenvalue weighted by Crippen LogP contribution is -2.53. The number of carbonyl (C=O) groups is 1. The monoisotopic (exact) mass is 423 g/mol. The lowest BCUT2D eigenvalue weighted by Gasteiger charge is -2.47. The number of hydrogen-bond acceptors (Lipinski definition) is 6. The van der Waals surface area contributed by atoms with Gasteiger partial charge < -0.3 is 10.0 Å². The summed E-state index contributed by atoms with van der Waals surface area (Å²) in [5, 5.41) is 14.4. The van der Waals surface area contributed by atoms with Gasteiger partial charge in [-0.05, 0) is 45.5 Å². The molecule has 9 nitrogen and oxygen atoms in total. The molecule has 1 aromatic heterocycles. The van der Waals surface area contributed by atoms with Crippen LogP contribution in [-0.2, 0) is 21.5 Å². The molecule has 0 bridgehead atoms. The van der Waals surface area contributed by atoms with Gasteiger partial charge in [-0.3, -0.25) is 9.48 Å². The summed E-state index contributed by atoms with van der Waals surface area (Å²) in [7, 11) is -0.192. The molecule has 2 aromatic rings. The minimum Gasteiger partial charge on any atom is -0.506 e. The molecular weight excluding hydrogens is 401 g/mol.